The van der Waals surface area contributed by atoms with Crippen molar-refractivity contribution >= 4 is 27.8 Å². The Morgan fingerprint density at radius 1 is 0.800 bits per heavy atom. The number of rotatable bonds is 9. The Hall–Kier alpha value is -4.43. The summed E-state index contributed by atoms with van der Waals surface area (Å²) in [5, 5.41) is 3.99. The Balaban J connectivity index is 1.28. The molecular weight excluding hydrogens is 462 g/mol. The fourth-order valence-electron chi connectivity index (χ4n) is 3.12. The fraction of sp³-hybridized carbons (Fsp3) is 0.0370. The maximum absolute atomic E-state index is 12.4. The standard InChI is InChI=1S/C27H23N3O4S/c31-27(23-13-15-24(16-14-23)30-35(32,33)26-9-5-2-6-10-26)29-28-19-21-11-17-25(18-12-21)34-20-22-7-3-1-4-8-22/h1-19,30H,20H2,(H,29,31)/b28-19+. The first-order valence-electron chi connectivity index (χ1n) is 10.8. The van der Waals surface area contributed by atoms with Crippen LogP contribution in [0.2, 0.25) is 0 Å². The molecule has 0 fully saturated rings. The predicted molar refractivity (Wildman–Crippen MR) is 136 cm³/mol. The van der Waals surface area contributed by atoms with E-state index in [9.17, 15) is 13.2 Å². The summed E-state index contributed by atoms with van der Waals surface area (Å²) >= 11 is 0. The SMILES string of the molecule is O=C(N/N=C/c1ccc(OCc2ccccc2)cc1)c1ccc(NS(=O)(=O)c2ccccc2)cc1. The average molecular weight is 486 g/mol. The first-order valence-corrected chi connectivity index (χ1v) is 12.3. The summed E-state index contributed by atoms with van der Waals surface area (Å²) in [6, 6.07) is 31.4. The maximum Gasteiger partial charge on any atom is 0.271 e. The number of anilines is 1. The van der Waals surface area contributed by atoms with Crippen LogP contribution in [0.3, 0.4) is 0 Å². The van der Waals surface area contributed by atoms with E-state index in [0.29, 0.717) is 17.9 Å². The molecule has 0 aliphatic carbocycles. The van der Waals surface area contributed by atoms with Crippen molar-refractivity contribution in [1.29, 1.82) is 0 Å². The van der Waals surface area contributed by atoms with Crippen LogP contribution in [0.1, 0.15) is 21.5 Å². The van der Waals surface area contributed by atoms with Gasteiger partial charge in [0.1, 0.15) is 12.4 Å². The van der Waals surface area contributed by atoms with E-state index in [0.717, 1.165) is 16.9 Å². The Morgan fingerprint density at radius 3 is 2.09 bits per heavy atom. The number of hydrogen-bond donors (Lipinski definition) is 2. The lowest BCUT2D eigenvalue weighted by atomic mass is 10.2. The molecule has 4 rings (SSSR count). The molecule has 0 unspecified atom stereocenters. The number of hydrazone groups is 1. The Kier molecular flexibility index (Phi) is 7.54. The van der Waals surface area contributed by atoms with Crippen molar-refractivity contribution in [2.75, 3.05) is 4.72 Å². The number of nitrogens with zero attached hydrogens (tertiary/aromatic N) is 1. The van der Waals surface area contributed by atoms with Crippen LogP contribution in [0.5, 0.6) is 5.75 Å². The van der Waals surface area contributed by atoms with Crippen LogP contribution in [-0.4, -0.2) is 20.5 Å². The largest absolute Gasteiger partial charge is 0.489 e. The lowest BCUT2D eigenvalue weighted by molar-refractivity contribution is 0.0955. The lowest BCUT2D eigenvalue weighted by Gasteiger charge is -2.08. The summed E-state index contributed by atoms with van der Waals surface area (Å²) < 4.78 is 33.0. The predicted octanol–water partition coefficient (Wildman–Crippen LogP) is 4.83. The number of carbonyl (C=O) groups excluding carboxylic acids is 1. The third-order valence-electron chi connectivity index (χ3n) is 4.96. The number of nitrogens with one attached hydrogen (secondary N) is 2. The zero-order chi connectivity index (χ0) is 24.5. The molecule has 0 heterocycles. The average Bonchev–Trinajstić information content (AvgIpc) is 2.89. The minimum Gasteiger partial charge on any atom is -0.489 e. The molecule has 0 atom stereocenters. The van der Waals surface area contributed by atoms with Gasteiger partial charge in [0.25, 0.3) is 15.9 Å². The fourth-order valence-corrected chi connectivity index (χ4v) is 4.20. The van der Waals surface area contributed by atoms with Gasteiger partial charge in [0.2, 0.25) is 0 Å². The highest BCUT2D eigenvalue weighted by molar-refractivity contribution is 7.92. The Labute approximate surface area is 204 Å². The second-order valence-electron chi connectivity index (χ2n) is 7.54. The third kappa shape index (κ3) is 6.78. The summed E-state index contributed by atoms with van der Waals surface area (Å²) in [7, 11) is -3.70. The number of hydrogen-bond acceptors (Lipinski definition) is 5. The van der Waals surface area contributed by atoms with Gasteiger partial charge in [-0.1, -0.05) is 48.5 Å². The molecular formula is C27H23N3O4S. The number of benzene rings is 4. The monoisotopic (exact) mass is 485 g/mol. The molecule has 8 heteroatoms. The van der Waals surface area contributed by atoms with Gasteiger partial charge < -0.3 is 4.74 Å². The van der Waals surface area contributed by atoms with Crippen molar-refractivity contribution in [3.63, 3.8) is 0 Å². The summed E-state index contributed by atoms with van der Waals surface area (Å²) in [6.07, 6.45) is 1.53. The lowest BCUT2D eigenvalue weighted by Crippen LogP contribution is -2.18. The van der Waals surface area contributed by atoms with Crippen LogP contribution in [-0.2, 0) is 16.6 Å². The van der Waals surface area contributed by atoms with Crippen molar-refractivity contribution in [2.45, 2.75) is 11.5 Å². The summed E-state index contributed by atoms with van der Waals surface area (Å²) in [6.45, 7) is 0.483. The molecule has 0 radical (unpaired) electrons. The summed E-state index contributed by atoms with van der Waals surface area (Å²) in [4.78, 5) is 12.5. The van der Waals surface area contributed by atoms with E-state index in [-0.39, 0.29) is 4.90 Å². The minimum atomic E-state index is -3.70. The smallest absolute Gasteiger partial charge is 0.271 e. The van der Waals surface area contributed by atoms with E-state index < -0.39 is 15.9 Å². The Bertz CT molecular complexity index is 1390. The van der Waals surface area contributed by atoms with Crippen molar-refractivity contribution in [3.8, 4) is 5.75 Å². The number of carbonyl (C=O) groups is 1. The van der Waals surface area contributed by atoms with Crippen LogP contribution >= 0.6 is 0 Å². The van der Waals surface area contributed by atoms with E-state index in [1.165, 1.54) is 42.6 Å². The van der Waals surface area contributed by atoms with Crippen molar-refractivity contribution in [3.05, 3.63) is 126 Å². The number of amides is 1. The van der Waals surface area contributed by atoms with Gasteiger partial charge in [0.15, 0.2) is 0 Å². The molecule has 0 saturated carbocycles. The number of sulfonamides is 1. The van der Waals surface area contributed by atoms with Crippen LogP contribution in [0.15, 0.2) is 119 Å². The van der Waals surface area contributed by atoms with Crippen LogP contribution < -0.4 is 14.9 Å². The van der Waals surface area contributed by atoms with Gasteiger partial charge in [-0.15, -0.1) is 0 Å². The van der Waals surface area contributed by atoms with Gasteiger partial charge in [-0.3, -0.25) is 9.52 Å². The van der Waals surface area contributed by atoms with E-state index in [2.05, 4.69) is 15.2 Å². The molecule has 7 nitrogen and oxygen atoms in total. The molecule has 2 N–H and O–H groups in total. The van der Waals surface area contributed by atoms with Gasteiger partial charge in [0.05, 0.1) is 11.1 Å². The van der Waals surface area contributed by atoms with Crippen LogP contribution in [0.25, 0.3) is 0 Å². The molecule has 0 saturated heterocycles. The number of ether oxygens (including phenoxy) is 1. The van der Waals surface area contributed by atoms with Crippen molar-refractivity contribution in [2.24, 2.45) is 5.10 Å². The second-order valence-corrected chi connectivity index (χ2v) is 9.22. The highest BCUT2D eigenvalue weighted by atomic mass is 32.2. The highest BCUT2D eigenvalue weighted by Gasteiger charge is 2.13. The molecule has 176 valence electrons. The molecule has 0 aromatic heterocycles. The first-order chi connectivity index (χ1) is 17.0. The molecule has 35 heavy (non-hydrogen) atoms. The molecule has 4 aromatic rings. The van der Waals surface area contributed by atoms with E-state index in [1.807, 2.05) is 54.6 Å². The summed E-state index contributed by atoms with van der Waals surface area (Å²) in [5.74, 6) is 0.319. The summed E-state index contributed by atoms with van der Waals surface area (Å²) in [5.41, 5.74) is 5.04. The van der Waals surface area contributed by atoms with Gasteiger partial charge in [-0.2, -0.15) is 5.10 Å². The molecule has 0 spiro atoms. The molecule has 0 bridgehead atoms. The van der Waals surface area contributed by atoms with E-state index >= 15 is 0 Å². The zero-order valence-electron chi connectivity index (χ0n) is 18.7. The van der Waals surface area contributed by atoms with Gasteiger partial charge in [-0.25, -0.2) is 13.8 Å². The molecule has 1 amide bonds. The first kappa shape index (κ1) is 23.7. The second kappa shape index (κ2) is 11.1. The van der Waals surface area contributed by atoms with Crippen molar-refractivity contribution < 1.29 is 17.9 Å². The van der Waals surface area contributed by atoms with Gasteiger partial charge >= 0.3 is 0 Å². The van der Waals surface area contributed by atoms with Crippen LogP contribution in [0, 0.1) is 0 Å². The molecule has 0 aliphatic heterocycles. The van der Waals surface area contributed by atoms with E-state index in [4.69, 9.17) is 4.74 Å². The van der Waals surface area contributed by atoms with Gasteiger partial charge in [-0.05, 0) is 71.8 Å². The zero-order valence-corrected chi connectivity index (χ0v) is 19.5. The van der Waals surface area contributed by atoms with Gasteiger partial charge in [0, 0.05) is 11.3 Å². The maximum atomic E-state index is 12.4. The molecule has 0 aliphatic rings. The molecule has 4 aromatic carbocycles. The van der Waals surface area contributed by atoms with Crippen LogP contribution in [0.4, 0.5) is 5.69 Å². The third-order valence-corrected chi connectivity index (χ3v) is 6.36. The van der Waals surface area contributed by atoms with E-state index in [1.54, 1.807) is 18.2 Å². The minimum absolute atomic E-state index is 0.159. The highest BCUT2D eigenvalue weighted by Crippen LogP contribution is 2.17. The normalized spacial score (nSPS) is 11.2. The topological polar surface area (TPSA) is 96.9 Å². The Morgan fingerprint density at radius 2 is 1.43 bits per heavy atom. The quantitative estimate of drug-likeness (QED) is 0.262. The van der Waals surface area contributed by atoms with Crippen molar-refractivity contribution in [1.82, 2.24) is 5.43 Å².